The van der Waals surface area contributed by atoms with E-state index in [-0.39, 0.29) is 40.4 Å². The van der Waals surface area contributed by atoms with Gasteiger partial charge in [0, 0.05) is 5.38 Å². The molecule has 1 aromatic rings. The summed E-state index contributed by atoms with van der Waals surface area (Å²) in [5.41, 5.74) is 2.72. The third kappa shape index (κ3) is 8.62. The molecule has 0 aromatic carbocycles. The van der Waals surface area contributed by atoms with Crippen molar-refractivity contribution in [2.45, 2.75) is 59.2 Å². The van der Waals surface area contributed by atoms with Gasteiger partial charge >= 0.3 is 47.5 Å². The Hall–Kier alpha value is -2.79. The third-order valence-corrected chi connectivity index (χ3v) is 5.50. The number of carboxylic acid groups (broad SMARTS) is 1. The number of nitrogens with two attached hydrogens (primary N) is 1. The molecule has 1 saturated heterocycles. The molecule has 2 amide bonds. The minimum absolute atomic E-state index is 0. The van der Waals surface area contributed by atoms with E-state index >= 15 is 0 Å². The molecular weight excluding hydrogens is 537 g/mol. The fourth-order valence-electron chi connectivity index (χ4n) is 2.50. The van der Waals surface area contributed by atoms with Gasteiger partial charge in [-0.05, 0) is 41.5 Å². The molecule has 0 unspecified atom stereocenters. The van der Waals surface area contributed by atoms with Crippen LogP contribution in [-0.4, -0.2) is 111 Å². The number of hydroxylamine groups is 2. The number of anilines is 1. The number of esters is 2. The van der Waals surface area contributed by atoms with Crippen LogP contribution in [-0.2, 0) is 43.1 Å². The van der Waals surface area contributed by atoms with E-state index in [1.807, 2.05) is 0 Å². The third-order valence-electron chi connectivity index (χ3n) is 4.83. The van der Waals surface area contributed by atoms with Crippen molar-refractivity contribution in [1.82, 2.24) is 15.4 Å². The van der Waals surface area contributed by atoms with E-state index in [1.54, 1.807) is 27.7 Å². The van der Waals surface area contributed by atoms with Gasteiger partial charge < -0.3 is 30.5 Å². The normalized spacial score (nSPS) is 17.6. The molecular formula is C21H30N5NaO10S. The Labute approximate surface area is 244 Å². The number of β-lactam (4-membered cyclic amide) rings is 1. The molecule has 0 aliphatic carbocycles. The number of nitrogens with one attached hydrogen (secondary N) is 1. The van der Waals surface area contributed by atoms with E-state index in [0.717, 1.165) is 16.4 Å². The molecule has 2 atom stereocenters. The van der Waals surface area contributed by atoms with Gasteiger partial charge in [-0.25, -0.2) is 19.6 Å². The van der Waals surface area contributed by atoms with Crippen LogP contribution < -0.4 is 11.1 Å². The molecule has 1 fully saturated rings. The van der Waals surface area contributed by atoms with Gasteiger partial charge in [-0.2, -0.15) is 0 Å². The van der Waals surface area contributed by atoms with Crippen LogP contribution in [0, 0.1) is 5.41 Å². The summed E-state index contributed by atoms with van der Waals surface area (Å²) in [4.78, 5) is 74.2. The van der Waals surface area contributed by atoms with Crippen molar-refractivity contribution in [2.75, 3.05) is 19.1 Å². The zero-order chi connectivity index (χ0) is 28.1. The first kappa shape index (κ1) is 33.2. The van der Waals surface area contributed by atoms with Gasteiger partial charge in [0.15, 0.2) is 17.5 Å². The Morgan fingerprint density at radius 2 is 1.84 bits per heavy atom. The predicted molar refractivity (Wildman–Crippen MR) is 134 cm³/mol. The number of amides is 2. The second kappa shape index (κ2) is 13.3. The number of aromatic nitrogens is 1. The van der Waals surface area contributed by atoms with E-state index in [1.165, 1.54) is 19.2 Å². The average Bonchev–Trinajstić information content (AvgIpc) is 3.22. The van der Waals surface area contributed by atoms with Gasteiger partial charge in [0.1, 0.15) is 11.7 Å². The van der Waals surface area contributed by atoms with Crippen molar-refractivity contribution in [3.05, 3.63) is 11.1 Å². The first-order chi connectivity index (χ1) is 17.0. The van der Waals surface area contributed by atoms with Crippen LogP contribution in [0.15, 0.2) is 10.5 Å². The zero-order valence-corrected chi connectivity index (χ0v) is 21.9. The summed E-state index contributed by atoms with van der Waals surface area (Å²) in [6.07, 6.45) is 0. The summed E-state index contributed by atoms with van der Waals surface area (Å²) < 4.78 is 9.55. The van der Waals surface area contributed by atoms with E-state index < -0.39 is 71.9 Å². The number of rotatable bonds is 11. The summed E-state index contributed by atoms with van der Waals surface area (Å²) >= 11 is 1.01. The van der Waals surface area contributed by atoms with E-state index in [2.05, 4.69) is 15.5 Å². The molecule has 38 heavy (non-hydrogen) atoms. The average molecular weight is 568 g/mol. The van der Waals surface area contributed by atoms with Gasteiger partial charge in [-0.1, -0.05) is 5.16 Å². The Balaban J connectivity index is 0.00000722. The van der Waals surface area contributed by atoms with Gasteiger partial charge in [-0.3, -0.25) is 19.2 Å². The summed E-state index contributed by atoms with van der Waals surface area (Å²) in [6.45, 7) is 7.67. The number of thiazole rings is 1. The van der Waals surface area contributed by atoms with Crippen molar-refractivity contribution >= 4 is 81.5 Å². The Morgan fingerprint density at radius 3 is 2.34 bits per heavy atom. The molecule has 0 spiro atoms. The molecule has 2 heterocycles. The van der Waals surface area contributed by atoms with Crippen LogP contribution in [0.3, 0.4) is 0 Å². The molecule has 206 valence electrons. The molecule has 4 N–H and O–H groups in total. The SMILES string of the molecule is C[C@H]1[C@H](NC(=O)C(=NOC(C)(C)C(=O)O)c2csc(N)n2)C(=O)N1OCC(=O)OCOC(=O)C(C)(C)C.[NaH]. The van der Waals surface area contributed by atoms with Crippen molar-refractivity contribution in [1.29, 1.82) is 0 Å². The van der Waals surface area contributed by atoms with Crippen LogP contribution >= 0.6 is 11.3 Å². The van der Waals surface area contributed by atoms with Crippen LogP contribution in [0.4, 0.5) is 5.13 Å². The van der Waals surface area contributed by atoms with Gasteiger partial charge in [0.2, 0.25) is 12.4 Å². The molecule has 1 aliphatic rings. The molecule has 1 aliphatic heterocycles. The van der Waals surface area contributed by atoms with Gasteiger partial charge in [0.05, 0.1) is 11.5 Å². The second-order valence-corrected chi connectivity index (χ2v) is 10.3. The Bertz CT molecular complexity index is 1100. The minimum atomic E-state index is -1.75. The molecule has 0 saturated carbocycles. The number of carboxylic acids is 1. The molecule has 2 rings (SSSR count). The van der Waals surface area contributed by atoms with Crippen molar-refractivity contribution in [3.8, 4) is 0 Å². The number of hydrogen-bond acceptors (Lipinski definition) is 13. The number of nitrogen functional groups attached to an aromatic ring is 1. The van der Waals surface area contributed by atoms with Crippen LogP contribution in [0.25, 0.3) is 0 Å². The van der Waals surface area contributed by atoms with Crippen molar-refractivity contribution in [2.24, 2.45) is 10.6 Å². The first-order valence-electron chi connectivity index (χ1n) is 10.8. The van der Waals surface area contributed by atoms with E-state index in [0.29, 0.717) is 0 Å². The second-order valence-electron chi connectivity index (χ2n) is 9.36. The summed E-state index contributed by atoms with van der Waals surface area (Å²) in [5.74, 6) is -4.32. The summed E-state index contributed by atoms with van der Waals surface area (Å²) in [5, 5.41) is 17.7. The number of nitrogens with zero attached hydrogens (tertiary/aromatic N) is 3. The maximum absolute atomic E-state index is 12.9. The standard InChI is InChI=1S/C21H29N5O10S.Na.H/c1-10-13(16(29)26(10)35-7-12(27)33-9-34-18(32)20(2,3)4)24-15(28)14(11-8-37-19(22)23-11)25-36-21(5,6)17(30)31;;/h8,10,13H,7,9H2,1-6H3,(H2,22,23)(H,24,28)(H,30,31);;/t10-,13-;;/m0../s1. The first-order valence-corrected chi connectivity index (χ1v) is 11.7. The Morgan fingerprint density at radius 1 is 1.21 bits per heavy atom. The Kier molecular flexibility index (Phi) is 11.7. The number of carbonyl (C=O) groups excluding carboxylic acids is 4. The van der Waals surface area contributed by atoms with E-state index in [4.69, 9.17) is 24.9 Å². The van der Waals surface area contributed by atoms with Crippen LogP contribution in [0.5, 0.6) is 0 Å². The van der Waals surface area contributed by atoms with Gasteiger partial charge in [0.25, 0.3) is 11.8 Å². The van der Waals surface area contributed by atoms with Gasteiger partial charge in [-0.15, -0.1) is 11.3 Å². The number of carbonyl (C=O) groups is 5. The summed E-state index contributed by atoms with van der Waals surface area (Å²) in [7, 11) is 0. The zero-order valence-electron chi connectivity index (χ0n) is 21.1. The van der Waals surface area contributed by atoms with Crippen molar-refractivity contribution < 1.29 is 48.2 Å². The van der Waals surface area contributed by atoms with E-state index in [9.17, 15) is 29.1 Å². The van der Waals surface area contributed by atoms with Crippen LogP contribution in [0.1, 0.15) is 47.2 Å². The molecule has 0 bridgehead atoms. The number of hydrogen-bond donors (Lipinski definition) is 3. The topological polar surface area (TPSA) is 209 Å². The number of ether oxygens (including phenoxy) is 2. The number of oxime groups is 1. The molecule has 1 aromatic heterocycles. The fraction of sp³-hybridized carbons (Fsp3) is 0.571. The monoisotopic (exact) mass is 567 g/mol. The quantitative estimate of drug-likeness (QED) is 0.0764. The number of aliphatic carboxylic acids is 1. The summed E-state index contributed by atoms with van der Waals surface area (Å²) in [6, 6.07) is -1.74. The molecule has 0 radical (unpaired) electrons. The predicted octanol–water partition coefficient (Wildman–Crippen LogP) is -0.602. The fourth-order valence-corrected chi connectivity index (χ4v) is 3.05. The molecule has 17 heteroatoms. The molecule has 15 nitrogen and oxygen atoms in total. The van der Waals surface area contributed by atoms with Crippen molar-refractivity contribution in [3.63, 3.8) is 0 Å². The van der Waals surface area contributed by atoms with Crippen LogP contribution in [0.2, 0.25) is 0 Å². The maximum atomic E-state index is 12.9.